The van der Waals surface area contributed by atoms with E-state index in [9.17, 15) is 9.59 Å². The molecule has 0 saturated carbocycles. The largest absolute Gasteiger partial charge is 0.385 e. The zero-order chi connectivity index (χ0) is 12.1. The van der Waals surface area contributed by atoms with E-state index >= 15 is 0 Å². The summed E-state index contributed by atoms with van der Waals surface area (Å²) in [4.78, 5) is 25.1. The average molecular weight is 228 g/mol. The van der Waals surface area contributed by atoms with Crippen molar-refractivity contribution in [2.45, 2.75) is 26.3 Å². The van der Waals surface area contributed by atoms with Crippen molar-refractivity contribution in [1.29, 1.82) is 0 Å². The number of hydrogen-bond acceptors (Lipinski definition) is 3. The molecule has 1 unspecified atom stereocenters. The summed E-state index contributed by atoms with van der Waals surface area (Å²) in [5.74, 6) is 0.0771. The van der Waals surface area contributed by atoms with Crippen LogP contribution >= 0.6 is 0 Å². The Morgan fingerprint density at radius 2 is 2.19 bits per heavy atom. The molecule has 0 bridgehead atoms. The van der Waals surface area contributed by atoms with Gasteiger partial charge in [0, 0.05) is 20.3 Å². The summed E-state index contributed by atoms with van der Waals surface area (Å²) in [6, 6.07) is -0.335. The van der Waals surface area contributed by atoms with Gasteiger partial charge in [-0.3, -0.25) is 9.59 Å². The Hall–Kier alpha value is -1.10. The number of piperazine rings is 1. The monoisotopic (exact) mass is 228 g/mol. The molecule has 0 aromatic heterocycles. The number of hydrogen-bond donors (Lipinski definition) is 1. The Bertz CT molecular complexity index is 266. The van der Waals surface area contributed by atoms with Gasteiger partial charge < -0.3 is 15.0 Å². The fourth-order valence-electron chi connectivity index (χ4n) is 1.97. The van der Waals surface area contributed by atoms with Gasteiger partial charge in [-0.15, -0.1) is 0 Å². The van der Waals surface area contributed by atoms with Crippen LogP contribution in [-0.4, -0.2) is 49.6 Å². The van der Waals surface area contributed by atoms with Crippen molar-refractivity contribution >= 4 is 11.8 Å². The van der Waals surface area contributed by atoms with Crippen LogP contribution in [0.2, 0.25) is 0 Å². The number of nitrogens with zero attached hydrogens (tertiary/aromatic N) is 1. The van der Waals surface area contributed by atoms with E-state index in [1.54, 1.807) is 12.0 Å². The van der Waals surface area contributed by atoms with Crippen LogP contribution in [0, 0.1) is 5.92 Å². The third kappa shape index (κ3) is 2.95. The van der Waals surface area contributed by atoms with Gasteiger partial charge >= 0.3 is 0 Å². The predicted octanol–water partition coefficient (Wildman–Crippen LogP) is 0.00590. The normalized spacial score (nSPS) is 21.5. The zero-order valence-electron chi connectivity index (χ0n) is 10.2. The van der Waals surface area contributed by atoms with Crippen LogP contribution in [-0.2, 0) is 14.3 Å². The summed E-state index contributed by atoms with van der Waals surface area (Å²) in [6.07, 6.45) is 0.763. The Kier molecular flexibility index (Phi) is 4.73. The summed E-state index contributed by atoms with van der Waals surface area (Å²) in [5.41, 5.74) is 0. The first-order valence-corrected chi connectivity index (χ1v) is 5.64. The Morgan fingerprint density at radius 1 is 1.50 bits per heavy atom. The van der Waals surface area contributed by atoms with Gasteiger partial charge in [0.25, 0.3) is 0 Å². The fraction of sp³-hybridized carbons (Fsp3) is 0.818. The topological polar surface area (TPSA) is 58.6 Å². The molecular weight excluding hydrogens is 208 g/mol. The van der Waals surface area contributed by atoms with Crippen LogP contribution in [0.4, 0.5) is 0 Å². The van der Waals surface area contributed by atoms with E-state index < -0.39 is 0 Å². The maximum Gasteiger partial charge on any atom is 0.243 e. The van der Waals surface area contributed by atoms with Gasteiger partial charge in [-0.2, -0.15) is 0 Å². The Labute approximate surface area is 96.1 Å². The molecule has 0 radical (unpaired) electrons. The first-order chi connectivity index (χ1) is 7.57. The van der Waals surface area contributed by atoms with Crippen LogP contribution in [0.5, 0.6) is 0 Å². The minimum atomic E-state index is -0.335. The van der Waals surface area contributed by atoms with Crippen LogP contribution in [0.15, 0.2) is 0 Å². The number of nitrogens with one attached hydrogen (secondary N) is 1. The molecule has 1 saturated heterocycles. The van der Waals surface area contributed by atoms with Crippen LogP contribution in [0.3, 0.4) is 0 Å². The molecule has 0 aliphatic carbocycles. The van der Waals surface area contributed by atoms with Gasteiger partial charge in [-0.1, -0.05) is 13.8 Å². The van der Waals surface area contributed by atoms with Crippen molar-refractivity contribution in [1.82, 2.24) is 10.2 Å². The molecule has 2 amide bonds. The molecule has 1 aliphatic heterocycles. The van der Waals surface area contributed by atoms with Crippen molar-refractivity contribution in [2.24, 2.45) is 5.92 Å². The van der Waals surface area contributed by atoms with E-state index in [1.807, 2.05) is 13.8 Å². The van der Waals surface area contributed by atoms with Crippen LogP contribution in [0.1, 0.15) is 20.3 Å². The molecule has 1 N–H and O–H groups in total. The number of rotatable bonds is 5. The zero-order valence-corrected chi connectivity index (χ0v) is 10.2. The van der Waals surface area contributed by atoms with E-state index in [0.717, 1.165) is 6.42 Å². The highest BCUT2D eigenvalue weighted by molar-refractivity contribution is 5.94. The second-order valence-corrected chi connectivity index (χ2v) is 4.34. The van der Waals surface area contributed by atoms with E-state index in [1.165, 1.54) is 0 Å². The molecule has 1 fully saturated rings. The molecule has 5 heteroatoms. The number of carbonyl (C=O) groups is 2. The van der Waals surface area contributed by atoms with Crippen molar-refractivity contribution in [2.75, 3.05) is 26.8 Å². The average Bonchev–Trinajstić information content (AvgIpc) is 2.23. The molecule has 1 atom stereocenters. The van der Waals surface area contributed by atoms with Crippen LogP contribution < -0.4 is 5.32 Å². The fourth-order valence-corrected chi connectivity index (χ4v) is 1.97. The third-order valence-electron chi connectivity index (χ3n) is 2.72. The van der Waals surface area contributed by atoms with Crippen molar-refractivity contribution < 1.29 is 14.3 Å². The van der Waals surface area contributed by atoms with E-state index in [2.05, 4.69) is 5.32 Å². The minimum absolute atomic E-state index is 0.00518. The lowest BCUT2D eigenvalue weighted by Gasteiger charge is -2.37. The standard InChI is InChI=1S/C11H20N2O3/c1-8(2)10-11(15)12-7-9(14)13(10)5-4-6-16-3/h8,10H,4-7H2,1-3H3,(H,12,15). The van der Waals surface area contributed by atoms with Gasteiger partial charge in [0.1, 0.15) is 6.04 Å². The number of carbonyl (C=O) groups excluding carboxylic acids is 2. The van der Waals surface area contributed by atoms with E-state index in [0.29, 0.717) is 13.2 Å². The minimum Gasteiger partial charge on any atom is -0.385 e. The lowest BCUT2D eigenvalue weighted by Crippen LogP contribution is -2.60. The molecule has 5 nitrogen and oxygen atoms in total. The van der Waals surface area contributed by atoms with Gasteiger partial charge in [0.05, 0.1) is 6.54 Å². The van der Waals surface area contributed by atoms with Gasteiger partial charge in [-0.05, 0) is 12.3 Å². The Morgan fingerprint density at radius 3 is 2.75 bits per heavy atom. The van der Waals surface area contributed by atoms with Gasteiger partial charge in [0.15, 0.2) is 0 Å². The Balaban J connectivity index is 2.65. The lowest BCUT2D eigenvalue weighted by atomic mass is 9.99. The molecule has 16 heavy (non-hydrogen) atoms. The first-order valence-electron chi connectivity index (χ1n) is 5.64. The maximum atomic E-state index is 11.7. The summed E-state index contributed by atoms with van der Waals surface area (Å²) < 4.78 is 4.95. The molecule has 0 aromatic rings. The van der Waals surface area contributed by atoms with Crippen molar-refractivity contribution in [3.63, 3.8) is 0 Å². The molecule has 0 aromatic carbocycles. The van der Waals surface area contributed by atoms with E-state index in [4.69, 9.17) is 4.74 Å². The first kappa shape index (κ1) is 13.0. The SMILES string of the molecule is COCCCN1C(=O)CNC(=O)C1C(C)C. The smallest absolute Gasteiger partial charge is 0.243 e. The van der Waals surface area contributed by atoms with Crippen molar-refractivity contribution in [3.05, 3.63) is 0 Å². The molecule has 0 spiro atoms. The molecule has 1 heterocycles. The summed E-state index contributed by atoms with van der Waals surface area (Å²) in [7, 11) is 1.63. The van der Waals surface area contributed by atoms with Crippen LogP contribution in [0.25, 0.3) is 0 Å². The molecule has 92 valence electrons. The number of methoxy groups -OCH3 is 1. The van der Waals surface area contributed by atoms with E-state index in [-0.39, 0.29) is 30.3 Å². The van der Waals surface area contributed by atoms with Gasteiger partial charge in [-0.25, -0.2) is 0 Å². The van der Waals surface area contributed by atoms with Gasteiger partial charge in [0.2, 0.25) is 11.8 Å². The lowest BCUT2D eigenvalue weighted by molar-refractivity contribution is -0.147. The quantitative estimate of drug-likeness (QED) is 0.674. The second kappa shape index (κ2) is 5.84. The summed E-state index contributed by atoms with van der Waals surface area (Å²) in [5, 5.41) is 2.62. The molecule has 1 rings (SSSR count). The second-order valence-electron chi connectivity index (χ2n) is 4.34. The molecule has 1 aliphatic rings. The number of amides is 2. The highest BCUT2D eigenvalue weighted by atomic mass is 16.5. The molecular formula is C11H20N2O3. The maximum absolute atomic E-state index is 11.7. The van der Waals surface area contributed by atoms with Crippen molar-refractivity contribution in [3.8, 4) is 0 Å². The third-order valence-corrected chi connectivity index (χ3v) is 2.72. The summed E-state index contributed by atoms with van der Waals surface area (Å²) in [6.45, 7) is 5.21. The summed E-state index contributed by atoms with van der Waals surface area (Å²) >= 11 is 0. The number of ether oxygens (including phenoxy) is 1. The highest BCUT2D eigenvalue weighted by Gasteiger charge is 2.35. The predicted molar refractivity (Wildman–Crippen MR) is 59.8 cm³/mol. The highest BCUT2D eigenvalue weighted by Crippen LogP contribution is 2.15.